The van der Waals surface area contributed by atoms with E-state index in [0.717, 1.165) is 16.4 Å². The Balaban J connectivity index is 3.19. The SMILES string of the molecule is COCCCN(C)S(=O)(=O)c1cc(C(=O)O)c(O)cc1C. The van der Waals surface area contributed by atoms with Crippen molar-refractivity contribution in [1.29, 1.82) is 0 Å². The number of rotatable bonds is 7. The molecule has 0 spiro atoms. The predicted octanol–water partition coefficient (Wildman–Crippen LogP) is 1.06. The number of carboxylic acids is 1. The smallest absolute Gasteiger partial charge is 0.339 e. The lowest BCUT2D eigenvalue weighted by atomic mass is 10.1. The lowest BCUT2D eigenvalue weighted by Crippen LogP contribution is -2.29. The van der Waals surface area contributed by atoms with Crippen molar-refractivity contribution in [1.82, 2.24) is 4.31 Å². The maximum atomic E-state index is 12.4. The molecule has 0 aliphatic carbocycles. The van der Waals surface area contributed by atoms with Gasteiger partial charge >= 0.3 is 5.97 Å². The maximum absolute atomic E-state index is 12.4. The standard InChI is InChI=1S/C13H19NO6S/c1-9-7-11(15)10(13(16)17)8-12(9)21(18,19)14(2)5-4-6-20-3/h7-8,15H,4-6H2,1-3H3,(H,16,17). The second kappa shape index (κ2) is 6.88. The number of carbonyl (C=O) groups is 1. The van der Waals surface area contributed by atoms with Crippen LogP contribution in [-0.4, -0.2) is 56.2 Å². The van der Waals surface area contributed by atoms with Gasteiger partial charge in [0, 0.05) is 27.3 Å². The van der Waals surface area contributed by atoms with E-state index in [2.05, 4.69) is 0 Å². The number of hydrogen-bond acceptors (Lipinski definition) is 5. The van der Waals surface area contributed by atoms with Gasteiger partial charge in [-0.15, -0.1) is 0 Å². The van der Waals surface area contributed by atoms with Crippen molar-refractivity contribution < 1.29 is 28.2 Å². The van der Waals surface area contributed by atoms with E-state index < -0.39 is 27.3 Å². The van der Waals surface area contributed by atoms with E-state index in [9.17, 15) is 18.3 Å². The number of aromatic hydroxyl groups is 1. The minimum absolute atomic E-state index is 0.127. The van der Waals surface area contributed by atoms with E-state index in [4.69, 9.17) is 9.84 Å². The largest absolute Gasteiger partial charge is 0.507 e. The number of nitrogens with zero attached hydrogens (tertiary/aromatic N) is 1. The van der Waals surface area contributed by atoms with Gasteiger partial charge in [-0.25, -0.2) is 17.5 Å². The molecule has 0 saturated heterocycles. The van der Waals surface area contributed by atoms with Gasteiger partial charge in [-0.3, -0.25) is 0 Å². The van der Waals surface area contributed by atoms with Crippen molar-refractivity contribution in [2.75, 3.05) is 27.3 Å². The molecular weight excluding hydrogens is 298 g/mol. The summed E-state index contributed by atoms with van der Waals surface area (Å²) < 4.78 is 30.9. The van der Waals surface area contributed by atoms with Crippen molar-refractivity contribution in [3.05, 3.63) is 23.3 Å². The molecular formula is C13H19NO6S. The Hall–Kier alpha value is -1.64. The molecule has 1 rings (SSSR count). The van der Waals surface area contributed by atoms with Gasteiger partial charge in [0.05, 0.1) is 4.90 Å². The molecule has 0 aliphatic rings. The Morgan fingerprint density at radius 1 is 1.38 bits per heavy atom. The van der Waals surface area contributed by atoms with Crippen molar-refractivity contribution in [2.45, 2.75) is 18.2 Å². The Labute approximate surface area is 123 Å². The van der Waals surface area contributed by atoms with Crippen molar-refractivity contribution in [2.24, 2.45) is 0 Å². The topological polar surface area (TPSA) is 104 Å². The lowest BCUT2D eigenvalue weighted by molar-refractivity contribution is 0.0693. The molecule has 0 amide bonds. The number of phenols is 1. The van der Waals surface area contributed by atoms with Crippen LogP contribution in [0.2, 0.25) is 0 Å². The van der Waals surface area contributed by atoms with Crippen LogP contribution in [0, 0.1) is 6.92 Å². The van der Waals surface area contributed by atoms with E-state index in [0.29, 0.717) is 13.0 Å². The van der Waals surface area contributed by atoms with Gasteiger partial charge < -0.3 is 14.9 Å². The van der Waals surface area contributed by atoms with Gasteiger partial charge in [0.1, 0.15) is 11.3 Å². The fraction of sp³-hybridized carbons (Fsp3) is 0.462. The molecule has 1 aromatic rings. The van der Waals surface area contributed by atoms with Crippen molar-refractivity contribution >= 4 is 16.0 Å². The van der Waals surface area contributed by atoms with Crippen LogP contribution in [-0.2, 0) is 14.8 Å². The van der Waals surface area contributed by atoms with Crippen LogP contribution >= 0.6 is 0 Å². The molecule has 2 N–H and O–H groups in total. The third kappa shape index (κ3) is 3.93. The first-order chi connectivity index (χ1) is 9.71. The summed E-state index contributed by atoms with van der Waals surface area (Å²) in [5.74, 6) is -1.84. The van der Waals surface area contributed by atoms with Crippen LogP contribution in [0.5, 0.6) is 5.75 Å². The Morgan fingerprint density at radius 3 is 2.52 bits per heavy atom. The molecule has 0 aromatic heterocycles. The molecule has 7 nitrogen and oxygen atoms in total. The minimum Gasteiger partial charge on any atom is -0.507 e. The van der Waals surface area contributed by atoms with Gasteiger partial charge in [-0.1, -0.05) is 0 Å². The summed E-state index contributed by atoms with van der Waals surface area (Å²) >= 11 is 0. The molecule has 0 unspecified atom stereocenters. The third-order valence-electron chi connectivity index (χ3n) is 3.03. The Bertz CT molecular complexity index is 626. The van der Waals surface area contributed by atoms with Crippen LogP contribution in [0.25, 0.3) is 0 Å². The molecule has 21 heavy (non-hydrogen) atoms. The molecule has 118 valence electrons. The quantitative estimate of drug-likeness (QED) is 0.729. The number of ether oxygens (including phenoxy) is 1. The van der Waals surface area contributed by atoms with E-state index in [1.807, 2.05) is 0 Å². The number of sulfonamides is 1. The number of benzene rings is 1. The molecule has 0 aliphatic heterocycles. The summed E-state index contributed by atoms with van der Waals surface area (Å²) in [6, 6.07) is 2.12. The van der Waals surface area contributed by atoms with E-state index in [1.54, 1.807) is 0 Å². The first-order valence-electron chi connectivity index (χ1n) is 6.24. The normalized spacial score (nSPS) is 11.8. The second-order valence-corrected chi connectivity index (χ2v) is 6.63. The fourth-order valence-corrected chi connectivity index (χ4v) is 3.28. The van der Waals surface area contributed by atoms with E-state index >= 15 is 0 Å². The highest BCUT2D eigenvalue weighted by Gasteiger charge is 2.25. The molecule has 0 fully saturated rings. The van der Waals surface area contributed by atoms with Crippen LogP contribution in [0.15, 0.2) is 17.0 Å². The van der Waals surface area contributed by atoms with Gasteiger partial charge in [-0.05, 0) is 31.0 Å². The third-order valence-corrected chi connectivity index (χ3v) is 5.03. The molecule has 8 heteroatoms. The van der Waals surface area contributed by atoms with Crippen LogP contribution in [0.1, 0.15) is 22.3 Å². The van der Waals surface area contributed by atoms with Gasteiger partial charge in [0.2, 0.25) is 10.0 Å². The maximum Gasteiger partial charge on any atom is 0.339 e. The highest BCUT2D eigenvalue weighted by atomic mass is 32.2. The fourth-order valence-electron chi connectivity index (χ4n) is 1.84. The monoisotopic (exact) mass is 317 g/mol. The molecule has 0 bridgehead atoms. The Kier molecular flexibility index (Phi) is 5.70. The summed E-state index contributed by atoms with van der Waals surface area (Å²) in [7, 11) is -0.880. The molecule has 0 saturated carbocycles. The molecule has 0 radical (unpaired) electrons. The number of aryl methyl sites for hydroxylation is 1. The summed E-state index contributed by atoms with van der Waals surface area (Å²) in [6.07, 6.45) is 0.523. The zero-order valence-corrected chi connectivity index (χ0v) is 13.0. The first kappa shape index (κ1) is 17.4. The zero-order chi connectivity index (χ0) is 16.2. The second-order valence-electron chi connectivity index (χ2n) is 4.61. The van der Waals surface area contributed by atoms with Gasteiger partial charge in [-0.2, -0.15) is 0 Å². The van der Waals surface area contributed by atoms with Crippen LogP contribution < -0.4 is 0 Å². The van der Waals surface area contributed by atoms with Gasteiger partial charge in [0.25, 0.3) is 0 Å². The van der Waals surface area contributed by atoms with Crippen LogP contribution in [0.4, 0.5) is 0 Å². The highest BCUT2D eigenvalue weighted by Crippen LogP contribution is 2.27. The lowest BCUT2D eigenvalue weighted by Gasteiger charge is -2.19. The van der Waals surface area contributed by atoms with Gasteiger partial charge in [0.15, 0.2) is 0 Å². The summed E-state index contributed by atoms with van der Waals surface area (Å²) in [5.41, 5.74) is -0.152. The highest BCUT2D eigenvalue weighted by molar-refractivity contribution is 7.89. The number of carboxylic acid groups (broad SMARTS) is 1. The zero-order valence-electron chi connectivity index (χ0n) is 12.2. The summed E-state index contributed by atoms with van der Waals surface area (Å²) in [5, 5.41) is 18.5. The van der Waals surface area contributed by atoms with Crippen molar-refractivity contribution in [3.8, 4) is 5.75 Å². The van der Waals surface area contributed by atoms with E-state index in [1.165, 1.54) is 21.1 Å². The predicted molar refractivity (Wildman–Crippen MR) is 76.1 cm³/mol. The first-order valence-corrected chi connectivity index (χ1v) is 7.68. The Morgan fingerprint density at radius 2 is 2.00 bits per heavy atom. The van der Waals surface area contributed by atoms with Crippen LogP contribution in [0.3, 0.4) is 0 Å². The number of methoxy groups -OCH3 is 1. The number of hydrogen-bond donors (Lipinski definition) is 2. The summed E-state index contributed by atoms with van der Waals surface area (Å²) in [6.45, 7) is 2.18. The summed E-state index contributed by atoms with van der Waals surface area (Å²) in [4.78, 5) is 10.9. The van der Waals surface area contributed by atoms with Crippen molar-refractivity contribution in [3.63, 3.8) is 0 Å². The average molecular weight is 317 g/mol. The molecule has 0 atom stereocenters. The molecule has 1 aromatic carbocycles. The minimum atomic E-state index is -3.82. The number of aromatic carboxylic acids is 1. The molecule has 0 heterocycles. The average Bonchev–Trinajstić information content (AvgIpc) is 2.37. The van der Waals surface area contributed by atoms with E-state index in [-0.39, 0.29) is 17.0 Å².